The Bertz CT molecular complexity index is 1810. The third kappa shape index (κ3) is 70.3. The second kappa shape index (κ2) is 70.5. The molecule has 0 radical (unpaired) electrons. The van der Waals surface area contributed by atoms with E-state index in [9.17, 15) is 43.2 Å². The van der Waals surface area contributed by atoms with Crippen LogP contribution in [-0.4, -0.2) is 96.7 Å². The Labute approximate surface area is 581 Å². The molecule has 564 valence electrons. The number of ether oxygens (including phenoxy) is 4. The Morgan fingerprint density at radius 2 is 0.421 bits per heavy atom. The molecule has 95 heavy (non-hydrogen) atoms. The van der Waals surface area contributed by atoms with Crippen molar-refractivity contribution in [3.8, 4) is 0 Å². The van der Waals surface area contributed by atoms with Crippen molar-refractivity contribution in [1.29, 1.82) is 0 Å². The zero-order valence-corrected chi connectivity index (χ0v) is 63.4. The fraction of sp³-hybridized carbons (Fsp3) is 0.947. The molecule has 0 fully saturated rings. The number of carbonyl (C=O) groups excluding carboxylic acids is 4. The molecular weight excluding hydrogens is 1250 g/mol. The number of esters is 4. The number of phosphoric acid groups is 2. The summed E-state index contributed by atoms with van der Waals surface area (Å²) in [7, 11) is -9.91. The molecule has 0 amide bonds. The van der Waals surface area contributed by atoms with E-state index in [4.69, 9.17) is 37.0 Å². The molecule has 0 saturated carbocycles. The van der Waals surface area contributed by atoms with Crippen molar-refractivity contribution in [2.24, 2.45) is 0 Å². The van der Waals surface area contributed by atoms with Crippen LogP contribution in [0.15, 0.2) is 0 Å². The van der Waals surface area contributed by atoms with Gasteiger partial charge in [-0.25, -0.2) is 9.13 Å². The lowest BCUT2D eigenvalue weighted by Gasteiger charge is -2.21. The second-order valence-electron chi connectivity index (χ2n) is 27.4. The largest absolute Gasteiger partial charge is 0.472 e. The fourth-order valence-electron chi connectivity index (χ4n) is 11.8. The molecule has 0 aliphatic carbocycles. The number of rotatable bonds is 77. The zero-order valence-electron chi connectivity index (χ0n) is 61.6. The van der Waals surface area contributed by atoms with Gasteiger partial charge >= 0.3 is 39.5 Å². The molecule has 0 spiro atoms. The number of aliphatic hydroxyl groups is 1. The Morgan fingerprint density at radius 1 is 0.253 bits per heavy atom. The number of hydrogen-bond donors (Lipinski definition) is 3. The monoisotopic (exact) mass is 1400 g/mol. The maximum absolute atomic E-state index is 13.1. The van der Waals surface area contributed by atoms with Crippen LogP contribution in [0.25, 0.3) is 0 Å². The summed E-state index contributed by atoms with van der Waals surface area (Å²) in [5.41, 5.74) is 0. The predicted octanol–water partition coefficient (Wildman–Crippen LogP) is 22.6. The topological polar surface area (TPSA) is 237 Å². The quantitative estimate of drug-likeness (QED) is 0.0222. The molecule has 17 nitrogen and oxygen atoms in total. The summed E-state index contributed by atoms with van der Waals surface area (Å²) >= 11 is 0. The van der Waals surface area contributed by atoms with Gasteiger partial charge in [0.05, 0.1) is 26.4 Å². The standard InChI is InChI=1S/C76H148O17P2/c1-5-9-13-17-21-25-29-32-33-34-35-36-37-38-40-43-47-51-55-59-63-76(81)93-72(67-87-74(79)61-57-53-49-45-42-39-30-26-22-18-14-10-6-2)69-91-95(84,85)89-65-70(77)64-88-94(82,83)90-68-71(66-86-73(78)60-56-52-48-44-28-24-20-16-12-8-4)92-75(80)62-58-54-50-46-41-31-27-23-19-15-11-7-3/h70-72,77H,5-69H2,1-4H3,(H,82,83)(H,84,85)/t70-,71+,72+/m0/s1. The minimum Gasteiger partial charge on any atom is -0.462 e. The van der Waals surface area contributed by atoms with Crippen molar-refractivity contribution in [1.82, 2.24) is 0 Å². The van der Waals surface area contributed by atoms with Crippen LogP contribution in [0.4, 0.5) is 0 Å². The molecule has 0 heterocycles. The van der Waals surface area contributed by atoms with Gasteiger partial charge < -0.3 is 33.8 Å². The SMILES string of the molecule is CCCCCCCCCCCCCCCCCCCCCCC(=O)O[C@H](COC(=O)CCCCCCCCCCCCCCC)COP(=O)(O)OC[C@@H](O)COP(=O)(O)OC[C@@H](COC(=O)CCCCCCCCCCCC)OC(=O)CCCCCCCCCCCCCC. The van der Waals surface area contributed by atoms with Gasteiger partial charge in [0, 0.05) is 25.7 Å². The van der Waals surface area contributed by atoms with E-state index in [1.807, 2.05) is 0 Å². The molecule has 3 N–H and O–H groups in total. The molecule has 0 aromatic rings. The van der Waals surface area contributed by atoms with Crippen LogP contribution in [0.1, 0.15) is 407 Å². The van der Waals surface area contributed by atoms with E-state index < -0.39 is 97.5 Å². The molecule has 0 aliphatic rings. The molecule has 19 heteroatoms. The highest BCUT2D eigenvalue weighted by molar-refractivity contribution is 7.47. The highest BCUT2D eigenvalue weighted by atomic mass is 31.2. The molecule has 0 aromatic heterocycles. The number of hydrogen-bond acceptors (Lipinski definition) is 15. The van der Waals surface area contributed by atoms with Crippen molar-refractivity contribution in [2.45, 2.75) is 425 Å². The third-order valence-electron chi connectivity index (χ3n) is 17.9. The van der Waals surface area contributed by atoms with E-state index in [1.54, 1.807) is 0 Å². The van der Waals surface area contributed by atoms with Gasteiger partial charge in [-0.2, -0.15) is 0 Å². The summed E-state index contributed by atoms with van der Waals surface area (Å²) in [6.07, 6.45) is 60.9. The van der Waals surface area contributed by atoms with Gasteiger partial charge in [0.2, 0.25) is 0 Å². The minimum absolute atomic E-state index is 0.108. The first kappa shape index (κ1) is 93.1. The van der Waals surface area contributed by atoms with Gasteiger partial charge in [-0.3, -0.25) is 37.3 Å². The van der Waals surface area contributed by atoms with Gasteiger partial charge in [0.1, 0.15) is 19.3 Å². The first-order valence-corrected chi connectivity index (χ1v) is 42.8. The summed E-state index contributed by atoms with van der Waals surface area (Å²) in [6, 6.07) is 0. The highest BCUT2D eigenvalue weighted by Crippen LogP contribution is 2.45. The van der Waals surface area contributed by atoms with Crippen LogP contribution in [0.3, 0.4) is 0 Å². The van der Waals surface area contributed by atoms with Crippen LogP contribution in [0, 0.1) is 0 Å². The van der Waals surface area contributed by atoms with Crippen molar-refractivity contribution < 1.29 is 80.2 Å². The van der Waals surface area contributed by atoms with Crippen LogP contribution < -0.4 is 0 Å². The first-order chi connectivity index (χ1) is 46.2. The van der Waals surface area contributed by atoms with E-state index in [1.165, 1.54) is 238 Å². The molecule has 0 saturated heterocycles. The second-order valence-corrected chi connectivity index (χ2v) is 30.3. The summed E-state index contributed by atoms with van der Waals surface area (Å²) in [5.74, 6) is -2.11. The predicted molar refractivity (Wildman–Crippen MR) is 386 cm³/mol. The van der Waals surface area contributed by atoms with E-state index in [-0.39, 0.29) is 25.7 Å². The van der Waals surface area contributed by atoms with Crippen molar-refractivity contribution in [3.63, 3.8) is 0 Å². The Balaban J connectivity index is 5.20. The number of unbranched alkanes of at least 4 members (excludes halogenated alkanes) is 51. The minimum atomic E-state index is -4.96. The fourth-order valence-corrected chi connectivity index (χ4v) is 13.3. The average molecular weight is 1400 g/mol. The summed E-state index contributed by atoms with van der Waals surface area (Å²) in [6.45, 7) is 4.98. The van der Waals surface area contributed by atoms with E-state index in [0.29, 0.717) is 25.7 Å². The van der Waals surface area contributed by atoms with E-state index in [0.717, 1.165) is 89.9 Å². The lowest BCUT2D eigenvalue weighted by molar-refractivity contribution is -0.161. The average Bonchev–Trinajstić information content (AvgIpc) is 2.26. The lowest BCUT2D eigenvalue weighted by atomic mass is 10.0. The van der Waals surface area contributed by atoms with Gasteiger partial charge in [-0.15, -0.1) is 0 Å². The molecule has 5 atom stereocenters. The van der Waals surface area contributed by atoms with Crippen molar-refractivity contribution in [2.75, 3.05) is 39.6 Å². The van der Waals surface area contributed by atoms with Gasteiger partial charge in [-0.05, 0) is 25.7 Å². The molecule has 0 aromatic carbocycles. The van der Waals surface area contributed by atoms with Crippen LogP contribution in [-0.2, 0) is 65.4 Å². The van der Waals surface area contributed by atoms with Gasteiger partial charge in [0.25, 0.3) is 0 Å². The smallest absolute Gasteiger partial charge is 0.462 e. The van der Waals surface area contributed by atoms with Gasteiger partial charge in [0.15, 0.2) is 12.2 Å². The molecule has 0 bridgehead atoms. The summed E-state index contributed by atoms with van der Waals surface area (Å²) in [5, 5.41) is 10.6. The van der Waals surface area contributed by atoms with Crippen LogP contribution in [0.5, 0.6) is 0 Å². The van der Waals surface area contributed by atoms with Crippen LogP contribution >= 0.6 is 15.6 Å². The van der Waals surface area contributed by atoms with Crippen LogP contribution in [0.2, 0.25) is 0 Å². The normalized spacial score (nSPS) is 13.9. The highest BCUT2D eigenvalue weighted by Gasteiger charge is 2.30. The van der Waals surface area contributed by atoms with Crippen molar-refractivity contribution >= 4 is 39.5 Å². The molecule has 2 unspecified atom stereocenters. The number of aliphatic hydroxyl groups excluding tert-OH is 1. The Morgan fingerprint density at radius 3 is 0.621 bits per heavy atom. The van der Waals surface area contributed by atoms with Gasteiger partial charge in [-0.1, -0.05) is 355 Å². The maximum Gasteiger partial charge on any atom is 0.472 e. The molecular formula is C76H148O17P2. The number of phosphoric ester groups is 2. The molecule has 0 rings (SSSR count). The van der Waals surface area contributed by atoms with E-state index >= 15 is 0 Å². The summed E-state index contributed by atoms with van der Waals surface area (Å²) in [4.78, 5) is 72.8. The first-order valence-electron chi connectivity index (χ1n) is 39.8. The lowest BCUT2D eigenvalue weighted by Crippen LogP contribution is -2.30. The third-order valence-corrected chi connectivity index (χ3v) is 19.8. The maximum atomic E-state index is 13.1. The summed E-state index contributed by atoms with van der Waals surface area (Å²) < 4.78 is 68.5. The van der Waals surface area contributed by atoms with E-state index in [2.05, 4.69) is 27.7 Å². The molecule has 0 aliphatic heterocycles. The zero-order chi connectivity index (χ0) is 69.7. The van der Waals surface area contributed by atoms with Crippen molar-refractivity contribution in [3.05, 3.63) is 0 Å². The number of carbonyl (C=O) groups is 4. The Kier molecular flexibility index (Phi) is 69.1. The Hall–Kier alpha value is -1.94.